The molecule has 2 aromatic rings. The van der Waals surface area contributed by atoms with Crippen LogP contribution in [0.3, 0.4) is 0 Å². The second-order valence-corrected chi connectivity index (χ2v) is 5.14. The van der Waals surface area contributed by atoms with Gasteiger partial charge in [-0.3, -0.25) is 4.79 Å². The van der Waals surface area contributed by atoms with Gasteiger partial charge >= 0.3 is 0 Å². The molecule has 100 valence electrons. The first-order chi connectivity index (χ1) is 9.15. The van der Waals surface area contributed by atoms with Crippen molar-refractivity contribution in [3.63, 3.8) is 0 Å². The molecule has 0 radical (unpaired) electrons. The van der Waals surface area contributed by atoms with Gasteiger partial charge in [-0.1, -0.05) is 0 Å². The number of aromatic nitrogens is 2. The van der Waals surface area contributed by atoms with E-state index < -0.39 is 0 Å². The predicted molar refractivity (Wildman–Crippen MR) is 76.7 cm³/mol. The highest BCUT2D eigenvalue weighted by molar-refractivity contribution is 5.84. The zero-order valence-electron chi connectivity index (χ0n) is 11.3. The summed E-state index contributed by atoms with van der Waals surface area (Å²) in [5.74, 6) is 0. The number of fused-ring (bicyclic) bond motifs is 1. The lowest BCUT2D eigenvalue weighted by molar-refractivity contribution is 0.313. The maximum absolute atomic E-state index is 11.9. The second kappa shape index (κ2) is 4.66. The average Bonchev–Trinajstić information content (AvgIpc) is 2.43. The van der Waals surface area contributed by atoms with Gasteiger partial charge in [0.1, 0.15) is 0 Å². The van der Waals surface area contributed by atoms with E-state index >= 15 is 0 Å². The van der Waals surface area contributed by atoms with E-state index in [0.717, 1.165) is 37.0 Å². The van der Waals surface area contributed by atoms with E-state index in [1.807, 2.05) is 12.1 Å². The largest absolute Gasteiger partial charge is 0.369 e. The summed E-state index contributed by atoms with van der Waals surface area (Å²) in [4.78, 5) is 16.6. The molecule has 0 spiro atoms. The van der Waals surface area contributed by atoms with E-state index in [0.29, 0.717) is 0 Å². The van der Waals surface area contributed by atoms with Crippen LogP contribution in [0.5, 0.6) is 0 Å². The van der Waals surface area contributed by atoms with Gasteiger partial charge in [-0.2, -0.15) is 5.10 Å². The van der Waals surface area contributed by atoms with E-state index in [-0.39, 0.29) is 5.56 Å². The number of aryl methyl sites for hydroxylation is 1. The number of piperazine rings is 1. The van der Waals surface area contributed by atoms with E-state index in [1.54, 1.807) is 13.2 Å². The zero-order valence-corrected chi connectivity index (χ0v) is 11.3. The Morgan fingerprint density at radius 2 is 1.84 bits per heavy atom. The van der Waals surface area contributed by atoms with Crippen LogP contribution in [0, 0.1) is 0 Å². The molecule has 19 heavy (non-hydrogen) atoms. The Bertz CT molecular complexity index is 656. The predicted octanol–water partition coefficient (Wildman–Crippen LogP) is 0.685. The van der Waals surface area contributed by atoms with Crippen molar-refractivity contribution in [3.8, 4) is 0 Å². The molecule has 1 fully saturated rings. The summed E-state index contributed by atoms with van der Waals surface area (Å²) < 4.78 is 1.37. The smallest absolute Gasteiger partial charge is 0.274 e. The number of hydrogen-bond donors (Lipinski definition) is 0. The third kappa shape index (κ3) is 2.21. The van der Waals surface area contributed by atoms with Gasteiger partial charge in [-0.25, -0.2) is 4.68 Å². The molecule has 0 aliphatic carbocycles. The second-order valence-electron chi connectivity index (χ2n) is 5.14. The van der Waals surface area contributed by atoms with Crippen molar-refractivity contribution in [2.45, 2.75) is 0 Å². The fraction of sp³-hybridized carbons (Fsp3) is 0.429. The number of benzene rings is 1. The van der Waals surface area contributed by atoms with Crippen molar-refractivity contribution in [1.82, 2.24) is 14.7 Å². The molecular weight excluding hydrogens is 240 g/mol. The standard InChI is InChI=1S/C14H18N4O/c1-16-5-7-18(8-6-16)12-3-4-13-11(9-12)10-15-17(2)14(13)19/h3-4,9-10H,5-8H2,1-2H3. The van der Waals surface area contributed by atoms with Crippen molar-refractivity contribution in [1.29, 1.82) is 0 Å². The normalized spacial score (nSPS) is 17.1. The topological polar surface area (TPSA) is 41.4 Å². The fourth-order valence-electron chi connectivity index (χ4n) is 2.49. The van der Waals surface area contributed by atoms with Gasteiger partial charge in [0.25, 0.3) is 5.56 Å². The van der Waals surface area contributed by atoms with Crippen molar-refractivity contribution >= 4 is 16.5 Å². The molecule has 0 atom stereocenters. The molecule has 0 saturated carbocycles. The minimum absolute atomic E-state index is 0.0394. The van der Waals surface area contributed by atoms with Crippen LogP contribution < -0.4 is 10.5 Å². The summed E-state index contributed by atoms with van der Waals surface area (Å²) in [7, 11) is 3.82. The summed E-state index contributed by atoms with van der Waals surface area (Å²) in [5, 5.41) is 5.73. The summed E-state index contributed by atoms with van der Waals surface area (Å²) in [5.41, 5.74) is 1.14. The van der Waals surface area contributed by atoms with Gasteiger partial charge in [0, 0.05) is 44.3 Å². The number of likely N-dealkylation sites (N-methyl/N-ethyl adjacent to an activating group) is 1. The third-order valence-corrected chi connectivity index (χ3v) is 3.80. The SMILES string of the molecule is CN1CCN(c2ccc3c(=O)n(C)ncc3c2)CC1. The quantitative estimate of drug-likeness (QED) is 0.754. The van der Waals surface area contributed by atoms with Crippen LogP contribution in [0.25, 0.3) is 10.8 Å². The highest BCUT2D eigenvalue weighted by Gasteiger charge is 2.14. The van der Waals surface area contributed by atoms with E-state index in [4.69, 9.17) is 0 Å². The minimum atomic E-state index is -0.0394. The highest BCUT2D eigenvalue weighted by Crippen LogP contribution is 2.20. The van der Waals surface area contributed by atoms with Gasteiger partial charge < -0.3 is 9.80 Å². The van der Waals surface area contributed by atoms with E-state index in [2.05, 4.69) is 28.0 Å². The van der Waals surface area contributed by atoms with Crippen LogP contribution >= 0.6 is 0 Å². The number of rotatable bonds is 1. The Hall–Kier alpha value is -1.88. The summed E-state index contributed by atoms with van der Waals surface area (Å²) >= 11 is 0. The van der Waals surface area contributed by atoms with Gasteiger partial charge in [0.15, 0.2) is 0 Å². The maximum Gasteiger partial charge on any atom is 0.274 e. The Balaban J connectivity index is 1.98. The average molecular weight is 258 g/mol. The Kier molecular flexibility index (Phi) is 2.98. The summed E-state index contributed by atoms with van der Waals surface area (Å²) in [6.45, 7) is 4.21. The number of hydrogen-bond acceptors (Lipinski definition) is 4. The van der Waals surface area contributed by atoms with Gasteiger partial charge in [0.05, 0.1) is 11.6 Å². The summed E-state index contributed by atoms with van der Waals surface area (Å²) in [6, 6.07) is 6.01. The maximum atomic E-state index is 11.9. The zero-order chi connectivity index (χ0) is 13.4. The molecule has 3 rings (SSSR count). The summed E-state index contributed by atoms with van der Waals surface area (Å²) in [6.07, 6.45) is 1.76. The van der Waals surface area contributed by atoms with Crippen LogP contribution in [0.1, 0.15) is 0 Å². The van der Waals surface area contributed by atoms with Crippen molar-refractivity contribution in [2.24, 2.45) is 7.05 Å². The first-order valence-corrected chi connectivity index (χ1v) is 6.55. The van der Waals surface area contributed by atoms with Crippen LogP contribution in [-0.2, 0) is 7.05 Å². The number of anilines is 1. The van der Waals surface area contributed by atoms with E-state index in [9.17, 15) is 4.79 Å². The lowest BCUT2D eigenvalue weighted by atomic mass is 10.1. The molecule has 0 N–H and O–H groups in total. The van der Waals surface area contributed by atoms with Gasteiger partial charge in [-0.05, 0) is 25.2 Å². The Morgan fingerprint density at radius 3 is 2.58 bits per heavy atom. The number of nitrogens with zero attached hydrogens (tertiary/aromatic N) is 4. The van der Waals surface area contributed by atoms with Crippen LogP contribution in [0.15, 0.2) is 29.2 Å². The molecule has 1 aliphatic heterocycles. The van der Waals surface area contributed by atoms with E-state index in [1.165, 1.54) is 10.4 Å². The third-order valence-electron chi connectivity index (χ3n) is 3.80. The molecule has 5 heteroatoms. The molecule has 1 aromatic carbocycles. The fourth-order valence-corrected chi connectivity index (χ4v) is 2.49. The molecular formula is C14H18N4O. The van der Waals surface area contributed by atoms with Crippen molar-refractivity contribution in [3.05, 3.63) is 34.7 Å². The highest BCUT2D eigenvalue weighted by atomic mass is 16.1. The molecule has 2 heterocycles. The van der Waals surface area contributed by atoms with Gasteiger partial charge in [0.2, 0.25) is 0 Å². The van der Waals surface area contributed by atoms with Crippen LogP contribution in [-0.4, -0.2) is 47.9 Å². The molecule has 0 amide bonds. The molecule has 1 aromatic heterocycles. The molecule has 1 aliphatic rings. The van der Waals surface area contributed by atoms with Crippen LogP contribution in [0.2, 0.25) is 0 Å². The first-order valence-electron chi connectivity index (χ1n) is 6.55. The lowest BCUT2D eigenvalue weighted by Gasteiger charge is -2.34. The molecule has 0 unspecified atom stereocenters. The lowest BCUT2D eigenvalue weighted by Crippen LogP contribution is -2.44. The van der Waals surface area contributed by atoms with Gasteiger partial charge in [-0.15, -0.1) is 0 Å². The van der Waals surface area contributed by atoms with Crippen LogP contribution in [0.4, 0.5) is 5.69 Å². The monoisotopic (exact) mass is 258 g/mol. The molecule has 0 bridgehead atoms. The first kappa shape index (κ1) is 12.2. The Labute approximate surface area is 112 Å². The molecule has 5 nitrogen and oxygen atoms in total. The minimum Gasteiger partial charge on any atom is -0.369 e. The van der Waals surface area contributed by atoms with Crippen molar-refractivity contribution in [2.75, 3.05) is 38.1 Å². The van der Waals surface area contributed by atoms with Crippen molar-refractivity contribution < 1.29 is 0 Å². The Morgan fingerprint density at radius 1 is 1.11 bits per heavy atom. The molecule has 1 saturated heterocycles.